The van der Waals surface area contributed by atoms with Gasteiger partial charge in [0.25, 0.3) is 0 Å². The number of rotatable bonds is 3. The average Bonchev–Trinajstić information content (AvgIpc) is 3.13. The van der Waals surface area contributed by atoms with Gasteiger partial charge in [-0.15, -0.1) is 0 Å². The maximum atomic E-state index is 10.8. The van der Waals surface area contributed by atoms with Crippen LogP contribution in [-0.2, 0) is 0 Å². The summed E-state index contributed by atoms with van der Waals surface area (Å²) in [5.74, 6) is -1.33. The molecule has 0 amide bonds. The van der Waals surface area contributed by atoms with Gasteiger partial charge in [0, 0.05) is 5.56 Å². The van der Waals surface area contributed by atoms with E-state index in [0.717, 1.165) is 16.7 Å². The fourth-order valence-electron chi connectivity index (χ4n) is 2.33. The van der Waals surface area contributed by atoms with Gasteiger partial charge in [0.1, 0.15) is 5.52 Å². The lowest BCUT2D eigenvalue weighted by Crippen LogP contribution is -1.94. The number of nitrogens with zero attached hydrogens (tertiary/aromatic N) is 1. The molecular weight excluding hydrogens is 346 g/mol. The first kappa shape index (κ1) is 17.9. The van der Waals surface area contributed by atoms with Crippen molar-refractivity contribution in [1.29, 1.82) is 0 Å². The highest BCUT2D eigenvalue weighted by Gasteiger charge is 2.08. The summed E-state index contributed by atoms with van der Waals surface area (Å²) >= 11 is 0. The van der Waals surface area contributed by atoms with Gasteiger partial charge in [-0.3, -0.25) is 0 Å². The first-order chi connectivity index (χ1) is 13.0. The van der Waals surface area contributed by atoms with Gasteiger partial charge in [-0.1, -0.05) is 30.3 Å². The quantitative estimate of drug-likeness (QED) is 0.554. The van der Waals surface area contributed by atoms with Crippen molar-refractivity contribution in [3.63, 3.8) is 0 Å². The van der Waals surface area contributed by atoms with E-state index in [1.807, 2.05) is 24.3 Å². The molecule has 27 heavy (non-hydrogen) atoms. The predicted molar refractivity (Wildman–Crippen MR) is 99.8 cm³/mol. The second-order valence-electron chi connectivity index (χ2n) is 5.54. The molecule has 0 aliphatic carbocycles. The Kier molecular flexibility index (Phi) is 5.28. The molecule has 0 radical (unpaired) electrons. The highest BCUT2D eigenvalue weighted by atomic mass is 16.4. The molecule has 134 valence electrons. The van der Waals surface area contributed by atoms with E-state index in [1.165, 1.54) is 12.1 Å². The molecule has 4 aromatic rings. The third kappa shape index (κ3) is 4.38. The number of benzene rings is 3. The van der Waals surface area contributed by atoms with Crippen molar-refractivity contribution < 1.29 is 24.2 Å². The molecular formula is C21H15NO5. The number of aromatic carboxylic acids is 2. The minimum absolute atomic E-state index is 0.245. The van der Waals surface area contributed by atoms with Crippen molar-refractivity contribution in [3.05, 3.63) is 90.0 Å². The second-order valence-corrected chi connectivity index (χ2v) is 5.54. The smallest absolute Gasteiger partial charge is 0.335 e. The van der Waals surface area contributed by atoms with E-state index in [-0.39, 0.29) is 5.56 Å². The van der Waals surface area contributed by atoms with Gasteiger partial charge < -0.3 is 14.6 Å². The average molecular weight is 361 g/mol. The van der Waals surface area contributed by atoms with Crippen molar-refractivity contribution in [2.24, 2.45) is 0 Å². The van der Waals surface area contributed by atoms with Crippen LogP contribution in [0.3, 0.4) is 0 Å². The first-order valence-corrected chi connectivity index (χ1v) is 8.02. The van der Waals surface area contributed by atoms with Crippen LogP contribution in [0.2, 0.25) is 0 Å². The van der Waals surface area contributed by atoms with Gasteiger partial charge in [0.2, 0.25) is 5.89 Å². The number of fused-ring (bicyclic) bond motifs is 1. The zero-order valence-corrected chi connectivity index (χ0v) is 14.1. The van der Waals surface area contributed by atoms with E-state index >= 15 is 0 Å². The molecule has 0 spiro atoms. The van der Waals surface area contributed by atoms with Gasteiger partial charge in [0.15, 0.2) is 5.58 Å². The van der Waals surface area contributed by atoms with E-state index in [1.54, 1.807) is 42.5 Å². The fraction of sp³-hybridized carbons (Fsp3) is 0. The van der Waals surface area contributed by atoms with E-state index in [2.05, 4.69) is 4.98 Å². The number of hydrogen-bond acceptors (Lipinski definition) is 4. The molecule has 0 aliphatic rings. The Morgan fingerprint density at radius 3 is 1.81 bits per heavy atom. The van der Waals surface area contributed by atoms with Crippen molar-refractivity contribution >= 4 is 23.0 Å². The number of carbonyl (C=O) groups is 2. The first-order valence-electron chi connectivity index (χ1n) is 8.02. The van der Waals surface area contributed by atoms with Gasteiger partial charge in [-0.2, -0.15) is 0 Å². The molecule has 1 heterocycles. The molecule has 2 N–H and O–H groups in total. The molecule has 0 unspecified atom stereocenters. The van der Waals surface area contributed by atoms with E-state index in [9.17, 15) is 9.59 Å². The van der Waals surface area contributed by atoms with Crippen LogP contribution in [0, 0.1) is 0 Å². The van der Waals surface area contributed by atoms with Crippen molar-refractivity contribution in [2.75, 3.05) is 0 Å². The minimum atomic E-state index is -0.945. The summed E-state index contributed by atoms with van der Waals surface area (Å²) in [5.41, 5.74) is 2.84. The van der Waals surface area contributed by atoms with Crippen LogP contribution in [0.5, 0.6) is 0 Å². The summed E-state index contributed by atoms with van der Waals surface area (Å²) in [4.78, 5) is 25.3. The van der Waals surface area contributed by atoms with Crippen molar-refractivity contribution in [2.45, 2.75) is 0 Å². The van der Waals surface area contributed by atoms with Crippen LogP contribution in [0.25, 0.3) is 22.6 Å². The van der Waals surface area contributed by atoms with E-state index in [0.29, 0.717) is 11.5 Å². The molecule has 0 saturated carbocycles. The zero-order chi connectivity index (χ0) is 19.2. The van der Waals surface area contributed by atoms with Crippen LogP contribution in [-0.4, -0.2) is 27.1 Å². The number of carboxylic acids is 2. The molecule has 0 fully saturated rings. The molecule has 0 aliphatic heterocycles. The Bertz CT molecular complexity index is 1040. The van der Waals surface area contributed by atoms with Gasteiger partial charge in [0.05, 0.1) is 11.1 Å². The maximum absolute atomic E-state index is 10.8. The molecule has 3 aromatic carbocycles. The van der Waals surface area contributed by atoms with Gasteiger partial charge in [-0.25, -0.2) is 14.6 Å². The fourth-order valence-corrected chi connectivity index (χ4v) is 2.33. The van der Waals surface area contributed by atoms with Gasteiger partial charge >= 0.3 is 11.9 Å². The highest BCUT2D eigenvalue weighted by molar-refractivity contribution is 5.88. The molecule has 0 atom stereocenters. The lowest BCUT2D eigenvalue weighted by Gasteiger charge is -1.96. The summed E-state index contributed by atoms with van der Waals surface area (Å²) < 4.78 is 5.60. The largest absolute Gasteiger partial charge is 0.478 e. The number of para-hydroxylation sites is 2. The Morgan fingerprint density at radius 2 is 1.26 bits per heavy atom. The molecule has 1 aromatic heterocycles. The molecule has 0 bridgehead atoms. The summed E-state index contributed by atoms with van der Waals surface area (Å²) in [6, 6.07) is 22.2. The van der Waals surface area contributed by atoms with Crippen LogP contribution in [0.4, 0.5) is 0 Å². The molecule has 6 heteroatoms. The van der Waals surface area contributed by atoms with Crippen LogP contribution >= 0.6 is 0 Å². The second kappa shape index (κ2) is 7.97. The number of carboxylic acid groups (broad SMARTS) is 2. The standard InChI is InChI=1S/C14H9NO3.C7H6O2/c16-14(17)10-7-5-9(6-8-10)13-15-11-3-1-2-4-12(11)18-13;8-7(9)6-4-2-1-3-5-6/h1-8H,(H,16,17);1-5H,(H,8,9). The van der Waals surface area contributed by atoms with Crippen molar-refractivity contribution in [1.82, 2.24) is 4.98 Å². The summed E-state index contributed by atoms with van der Waals surface area (Å²) in [6.07, 6.45) is 0. The third-order valence-corrected chi connectivity index (χ3v) is 3.69. The predicted octanol–water partition coefficient (Wildman–Crippen LogP) is 4.58. The zero-order valence-electron chi connectivity index (χ0n) is 14.1. The number of oxazole rings is 1. The topological polar surface area (TPSA) is 101 Å². The normalized spacial score (nSPS) is 10.1. The third-order valence-electron chi connectivity index (χ3n) is 3.69. The van der Waals surface area contributed by atoms with Crippen molar-refractivity contribution in [3.8, 4) is 11.5 Å². The molecule has 0 saturated heterocycles. The van der Waals surface area contributed by atoms with Gasteiger partial charge in [-0.05, 0) is 48.5 Å². The Morgan fingerprint density at radius 1 is 0.704 bits per heavy atom. The summed E-state index contributed by atoms with van der Waals surface area (Å²) in [6.45, 7) is 0. The van der Waals surface area contributed by atoms with E-state index < -0.39 is 11.9 Å². The summed E-state index contributed by atoms with van der Waals surface area (Å²) in [5, 5.41) is 17.2. The minimum Gasteiger partial charge on any atom is -0.478 e. The lowest BCUT2D eigenvalue weighted by atomic mass is 10.1. The SMILES string of the molecule is O=C(O)c1ccc(-c2nc3ccccc3o2)cc1.O=C(O)c1ccccc1. The van der Waals surface area contributed by atoms with Crippen LogP contribution in [0.15, 0.2) is 83.3 Å². The maximum Gasteiger partial charge on any atom is 0.335 e. The Hall–Kier alpha value is -3.93. The van der Waals surface area contributed by atoms with Crippen LogP contribution in [0.1, 0.15) is 20.7 Å². The Labute approximate surface area is 154 Å². The summed E-state index contributed by atoms with van der Waals surface area (Å²) in [7, 11) is 0. The highest BCUT2D eigenvalue weighted by Crippen LogP contribution is 2.24. The number of hydrogen-bond donors (Lipinski definition) is 2. The monoisotopic (exact) mass is 361 g/mol. The number of aromatic nitrogens is 1. The van der Waals surface area contributed by atoms with Crippen LogP contribution < -0.4 is 0 Å². The lowest BCUT2D eigenvalue weighted by molar-refractivity contribution is 0.0686. The molecule has 4 rings (SSSR count). The Balaban J connectivity index is 0.000000197. The molecule has 6 nitrogen and oxygen atoms in total. The van der Waals surface area contributed by atoms with E-state index in [4.69, 9.17) is 14.6 Å².